The molecule has 2 nitrogen and oxygen atoms in total. The molecule has 2 aromatic rings. The first-order valence-corrected chi connectivity index (χ1v) is 7.98. The van der Waals surface area contributed by atoms with E-state index in [9.17, 15) is 5.21 Å². The molecule has 0 aromatic heterocycles. The lowest BCUT2D eigenvalue weighted by Gasteiger charge is -2.26. The Morgan fingerprint density at radius 2 is 1.73 bits per heavy atom. The summed E-state index contributed by atoms with van der Waals surface area (Å²) in [5, 5.41) is 12.0. The van der Waals surface area contributed by atoms with Crippen molar-refractivity contribution >= 4 is 5.69 Å². The van der Waals surface area contributed by atoms with Gasteiger partial charge in [0.25, 0.3) is 0 Å². The first-order valence-electron chi connectivity index (χ1n) is 7.98. The van der Waals surface area contributed by atoms with Gasteiger partial charge in [-0.2, -0.15) is 0 Å². The largest absolute Gasteiger partial charge is 0.288 e. The van der Waals surface area contributed by atoms with Crippen LogP contribution in [0, 0.1) is 6.92 Å². The van der Waals surface area contributed by atoms with Gasteiger partial charge in [-0.25, -0.2) is 5.06 Å². The van der Waals surface area contributed by atoms with Crippen LogP contribution in [-0.4, -0.2) is 5.21 Å². The molecule has 1 unspecified atom stereocenters. The molecule has 0 aliphatic rings. The predicted octanol–water partition coefficient (Wildman–Crippen LogP) is 5.68. The van der Waals surface area contributed by atoms with Crippen LogP contribution in [0.25, 0.3) is 0 Å². The van der Waals surface area contributed by atoms with E-state index in [1.807, 2.05) is 61.5 Å². The van der Waals surface area contributed by atoms with Gasteiger partial charge in [0.05, 0.1) is 11.7 Å². The number of allylic oxidation sites excluding steroid dienone is 1. The van der Waals surface area contributed by atoms with Gasteiger partial charge in [0.2, 0.25) is 0 Å². The fourth-order valence-electron chi connectivity index (χ4n) is 2.39. The Morgan fingerprint density at radius 1 is 1.05 bits per heavy atom. The smallest absolute Gasteiger partial charge is 0.0993 e. The van der Waals surface area contributed by atoms with Crippen LogP contribution in [0.15, 0.2) is 66.7 Å². The van der Waals surface area contributed by atoms with E-state index in [-0.39, 0.29) is 6.04 Å². The third-order valence-corrected chi connectivity index (χ3v) is 3.75. The Kier molecular flexibility index (Phi) is 6.23. The molecule has 0 fully saturated rings. The monoisotopic (exact) mass is 295 g/mol. The van der Waals surface area contributed by atoms with Crippen molar-refractivity contribution in [3.8, 4) is 0 Å². The van der Waals surface area contributed by atoms with Crippen LogP contribution in [0.2, 0.25) is 0 Å². The second kappa shape index (κ2) is 8.40. The summed E-state index contributed by atoms with van der Waals surface area (Å²) in [6.45, 7) is 4.23. The summed E-state index contributed by atoms with van der Waals surface area (Å²) in [7, 11) is 0. The van der Waals surface area contributed by atoms with E-state index < -0.39 is 0 Å². The third kappa shape index (κ3) is 4.47. The maximum absolute atomic E-state index is 10.7. The van der Waals surface area contributed by atoms with Gasteiger partial charge in [0, 0.05) is 0 Å². The number of anilines is 1. The highest BCUT2D eigenvalue weighted by molar-refractivity contribution is 5.48. The average molecular weight is 295 g/mol. The number of aryl methyl sites for hydroxylation is 1. The van der Waals surface area contributed by atoms with E-state index in [4.69, 9.17) is 0 Å². The van der Waals surface area contributed by atoms with Gasteiger partial charge in [-0.15, -0.1) is 0 Å². The summed E-state index contributed by atoms with van der Waals surface area (Å²) in [4.78, 5) is 0. The molecule has 0 aliphatic carbocycles. The van der Waals surface area contributed by atoms with Crippen molar-refractivity contribution < 1.29 is 5.21 Å². The molecule has 0 radical (unpaired) electrons. The second-order valence-corrected chi connectivity index (χ2v) is 5.61. The van der Waals surface area contributed by atoms with Crippen molar-refractivity contribution in [3.05, 3.63) is 77.9 Å². The van der Waals surface area contributed by atoms with Crippen LogP contribution in [0.1, 0.15) is 43.4 Å². The zero-order valence-corrected chi connectivity index (χ0v) is 13.4. The van der Waals surface area contributed by atoms with Crippen LogP contribution in [-0.2, 0) is 0 Å². The first-order chi connectivity index (χ1) is 10.7. The molecule has 116 valence electrons. The van der Waals surface area contributed by atoms with E-state index in [0.717, 1.165) is 17.7 Å². The molecule has 0 aliphatic heterocycles. The Hall–Kier alpha value is -2.06. The highest BCUT2D eigenvalue weighted by Crippen LogP contribution is 2.27. The van der Waals surface area contributed by atoms with Crippen molar-refractivity contribution in [2.75, 3.05) is 5.06 Å². The van der Waals surface area contributed by atoms with Crippen molar-refractivity contribution in [2.24, 2.45) is 0 Å². The zero-order valence-electron chi connectivity index (χ0n) is 13.4. The molecule has 2 heteroatoms. The number of nitrogens with zero attached hydrogens (tertiary/aromatic N) is 1. The van der Waals surface area contributed by atoms with E-state index in [0.29, 0.717) is 0 Å². The molecule has 0 amide bonds. The lowest BCUT2D eigenvalue weighted by atomic mass is 10.0. The molecule has 22 heavy (non-hydrogen) atoms. The number of hydrogen-bond donors (Lipinski definition) is 1. The van der Waals surface area contributed by atoms with Gasteiger partial charge in [0.1, 0.15) is 0 Å². The molecule has 0 bridgehead atoms. The van der Waals surface area contributed by atoms with Crippen molar-refractivity contribution in [1.29, 1.82) is 0 Å². The van der Waals surface area contributed by atoms with Gasteiger partial charge in [-0.1, -0.05) is 79.9 Å². The molecule has 0 heterocycles. The Bertz CT molecular complexity index is 574. The van der Waals surface area contributed by atoms with Crippen LogP contribution in [0.3, 0.4) is 0 Å². The molecule has 0 spiro atoms. The Morgan fingerprint density at radius 3 is 2.36 bits per heavy atom. The molecule has 2 rings (SSSR count). The molecular formula is C20H25NO. The minimum Gasteiger partial charge on any atom is -0.288 e. The summed E-state index contributed by atoms with van der Waals surface area (Å²) in [6, 6.07) is 17.9. The highest BCUT2D eigenvalue weighted by Gasteiger charge is 2.16. The number of benzene rings is 2. The maximum Gasteiger partial charge on any atom is 0.0993 e. The van der Waals surface area contributed by atoms with Crippen LogP contribution in [0.5, 0.6) is 0 Å². The predicted molar refractivity (Wildman–Crippen MR) is 93.3 cm³/mol. The van der Waals surface area contributed by atoms with E-state index in [2.05, 4.69) is 19.1 Å². The van der Waals surface area contributed by atoms with Gasteiger partial charge < -0.3 is 0 Å². The summed E-state index contributed by atoms with van der Waals surface area (Å²) in [5.74, 6) is 0. The van der Waals surface area contributed by atoms with Gasteiger partial charge in [-0.3, -0.25) is 5.21 Å². The van der Waals surface area contributed by atoms with Crippen LogP contribution < -0.4 is 5.06 Å². The second-order valence-electron chi connectivity index (χ2n) is 5.61. The maximum atomic E-state index is 10.7. The quantitative estimate of drug-likeness (QED) is 0.403. The van der Waals surface area contributed by atoms with Gasteiger partial charge in [0.15, 0.2) is 0 Å². The Labute approximate surface area is 133 Å². The van der Waals surface area contributed by atoms with Gasteiger partial charge in [-0.05, 0) is 31.0 Å². The summed E-state index contributed by atoms with van der Waals surface area (Å²) in [5.41, 5.74) is 3.07. The molecule has 1 atom stereocenters. The number of rotatable bonds is 7. The molecule has 0 saturated heterocycles. The third-order valence-electron chi connectivity index (χ3n) is 3.75. The van der Waals surface area contributed by atoms with Crippen LogP contribution in [0.4, 0.5) is 5.69 Å². The van der Waals surface area contributed by atoms with Crippen molar-refractivity contribution in [2.45, 2.75) is 39.2 Å². The topological polar surface area (TPSA) is 23.5 Å². The average Bonchev–Trinajstić information content (AvgIpc) is 2.56. The molecule has 2 aromatic carbocycles. The van der Waals surface area contributed by atoms with E-state index >= 15 is 0 Å². The molecule has 1 N–H and O–H groups in total. The highest BCUT2D eigenvalue weighted by atomic mass is 16.5. The fourth-order valence-corrected chi connectivity index (χ4v) is 2.39. The number of hydrogen-bond acceptors (Lipinski definition) is 2. The van der Waals surface area contributed by atoms with E-state index in [1.54, 1.807) is 0 Å². The SMILES string of the molecule is CCCC/C=C/C(c1ccccc1)N(O)c1ccc(C)cc1. The molecular weight excluding hydrogens is 270 g/mol. The number of unbranched alkanes of at least 4 members (excludes halogenated alkanes) is 2. The first kappa shape index (κ1) is 16.3. The van der Waals surface area contributed by atoms with Crippen LogP contribution >= 0.6 is 0 Å². The standard InChI is InChI=1S/C20H25NO/c1-3-4-5-9-12-20(18-10-7-6-8-11-18)21(22)19-15-13-17(2)14-16-19/h6-16,20,22H,3-5H2,1-2H3/b12-9+. The van der Waals surface area contributed by atoms with Gasteiger partial charge >= 0.3 is 0 Å². The summed E-state index contributed by atoms with van der Waals surface area (Å²) < 4.78 is 0. The normalized spacial score (nSPS) is 12.5. The lowest BCUT2D eigenvalue weighted by Crippen LogP contribution is -2.23. The minimum atomic E-state index is -0.166. The van der Waals surface area contributed by atoms with E-state index in [1.165, 1.54) is 23.5 Å². The fraction of sp³-hybridized carbons (Fsp3) is 0.300. The zero-order chi connectivity index (χ0) is 15.8. The summed E-state index contributed by atoms with van der Waals surface area (Å²) in [6.07, 6.45) is 7.65. The summed E-state index contributed by atoms with van der Waals surface area (Å²) >= 11 is 0. The van der Waals surface area contributed by atoms with Crippen molar-refractivity contribution in [1.82, 2.24) is 0 Å². The minimum absolute atomic E-state index is 0.166. The molecule has 0 saturated carbocycles. The Balaban J connectivity index is 2.23. The van der Waals surface area contributed by atoms with Crippen molar-refractivity contribution in [3.63, 3.8) is 0 Å². The number of hydroxylamine groups is 1. The lowest BCUT2D eigenvalue weighted by molar-refractivity contribution is 0.233.